The molecule has 2 amide bonds. The summed E-state index contributed by atoms with van der Waals surface area (Å²) in [6, 6.07) is 27.4. The van der Waals surface area contributed by atoms with Gasteiger partial charge in [0.15, 0.2) is 0 Å². The van der Waals surface area contributed by atoms with Gasteiger partial charge in [0.25, 0.3) is 0 Å². The molecular weight excluding hydrogens is 829 g/mol. The normalized spacial score (nSPS) is 14.7. The number of aryl methyl sites for hydroxylation is 2. The first-order chi connectivity index (χ1) is 31.8. The monoisotopic (exact) mass is 890 g/mol. The summed E-state index contributed by atoms with van der Waals surface area (Å²) in [5.74, 6) is 0.732. The summed E-state index contributed by atoms with van der Waals surface area (Å²) in [5, 5.41) is 12.2. The molecule has 2 aromatic heterocycles. The molecule has 14 nitrogen and oxygen atoms in total. The highest BCUT2D eigenvalue weighted by Crippen LogP contribution is 2.27. The van der Waals surface area contributed by atoms with Crippen LogP contribution in [0.3, 0.4) is 0 Å². The van der Waals surface area contributed by atoms with Gasteiger partial charge in [-0.2, -0.15) is 0 Å². The molecule has 0 radical (unpaired) electrons. The standard InChI is InChI=1S/2C26H31N5O2/c2*1-4-25(32)27-22-9-7-8-21(15-22)19(3)31-17-24(29-26(31)33)28-23-11-10-20(14-18(23)2)16-30-12-5-6-13-30/h2*4,7-11,14-15,17,19,28H,1,5-6,12-13,16H2,2-3H3,(H,27,32)(H,29,33)/t2*19-/m10/s1. The number of aromatic amines is 2. The molecule has 2 aliphatic rings. The number of anilines is 6. The minimum atomic E-state index is -0.271. The highest BCUT2D eigenvalue weighted by Gasteiger charge is 2.18. The van der Waals surface area contributed by atoms with Crippen LogP contribution in [-0.4, -0.2) is 66.9 Å². The fourth-order valence-electron chi connectivity index (χ4n) is 8.60. The smallest absolute Gasteiger partial charge is 0.327 e. The third-order valence-corrected chi connectivity index (χ3v) is 12.3. The molecule has 2 saturated heterocycles. The number of benzene rings is 4. The van der Waals surface area contributed by atoms with Crippen LogP contribution in [0.25, 0.3) is 0 Å². The van der Waals surface area contributed by atoms with E-state index in [1.54, 1.807) is 33.7 Å². The lowest BCUT2D eigenvalue weighted by molar-refractivity contribution is -0.112. The van der Waals surface area contributed by atoms with E-state index >= 15 is 0 Å². The van der Waals surface area contributed by atoms with Gasteiger partial charge in [0.05, 0.1) is 24.5 Å². The van der Waals surface area contributed by atoms with E-state index in [-0.39, 0.29) is 35.3 Å². The van der Waals surface area contributed by atoms with E-state index in [1.165, 1.54) is 75.1 Å². The van der Waals surface area contributed by atoms with Crippen LogP contribution in [0.1, 0.15) is 85.0 Å². The number of hydrogen-bond acceptors (Lipinski definition) is 8. The molecule has 2 atom stereocenters. The van der Waals surface area contributed by atoms with E-state index in [0.29, 0.717) is 23.0 Å². The van der Waals surface area contributed by atoms with E-state index < -0.39 is 0 Å². The van der Waals surface area contributed by atoms with Gasteiger partial charge >= 0.3 is 11.4 Å². The van der Waals surface area contributed by atoms with Crippen molar-refractivity contribution in [3.8, 4) is 0 Å². The van der Waals surface area contributed by atoms with Crippen molar-refractivity contribution < 1.29 is 9.59 Å². The molecule has 0 spiro atoms. The van der Waals surface area contributed by atoms with Gasteiger partial charge in [0.1, 0.15) is 11.6 Å². The Morgan fingerprint density at radius 2 is 1.00 bits per heavy atom. The molecule has 344 valence electrons. The third kappa shape index (κ3) is 12.1. The molecule has 2 fully saturated rings. The highest BCUT2D eigenvalue weighted by atomic mass is 16.2. The highest BCUT2D eigenvalue weighted by molar-refractivity contribution is 5.99. The summed E-state index contributed by atoms with van der Waals surface area (Å²) in [6.07, 6.45) is 11.2. The molecular formula is C52H62N10O4. The lowest BCUT2D eigenvalue weighted by atomic mass is 10.1. The minimum Gasteiger partial charge on any atom is -0.340 e. The van der Waals surface area contributed by atoms with Gasteiger partial charge in [-0.05, 0) is 161 Å². The van der Waals surface area contributed by atoms with Crippen LogP contribution >= 0.6 is 0 Å². The lowest BCUT2D eigenvalue weighted by Gasteiger charge is -2.16. The van der Waals surface area contributed by atoms with Crippen molar-refractivity contribution in [1.82, 2.24) is 28.9 Å². The second-order valence-corrected chi connectivity index (χ2v) is 17.3. The molecule has 8 rings (SSSR count). The van der Waals surface area contributed by atoms with Gasteiger partial charge in [0.2, 0.25) is 11.8 Å². The van der Waals surface area contributed by atoms with E-state index in [2.05, 4.69) is 104 Å². The van der Waals surface area contributed by atoms with Crippen LogP contribution in [0.15, 0.2) is 132 Å². The SMILES string of the molecule is C=CC(=O)Nc1cccc([C@@H](C)n2cc(Nc3ccc(CN4CCCC4)cc3C)[nH]c2=O)c1.C=CC(=O)Nc1cccc([C@H](C)n2cc(Nc3ccc(CN4CCCC4)cc3C)[nH]c2=O)c1. The van der Waals surface area contributed by atoms with E-state index in [0.717, 1.165) is 46.7 Å². The zero-order chi connectivity index (χ0) is 46.7. The Morgan fingerprint density at radius 3 is 1.36 bits per heavy atom. The summed E-state index contributed by atoms with van der Waals surface area (Å²) in [7, 11) is 0. The molecule has 0 aliphatic carbocycles. The molecule has 2 aliphatic heterocycles. The van der Waals surface area contributed by atoms with Crippen molar-refractivity contribution >= 4 is 46.2 Å². The Morgan fingerprint density at radius 1 is 0.606 bits per heavy atom. The van der Waals surface area contributed by atoms with Gasteiger partial charge in [0, 0.05) is 35.8 Å². The molecule has 4 heterocycles. The number of carbonyl (C=O) groups excluding carboxylic acids is 2. The molecule has 66 heavy (non-hydrogen) atoms. The Labute approximate surface area is 386 Å². The van der Waals surface area contributed by atoms with Crippen molar-refractivity contribution in [3.63, 3.8) is 0 Å². The minimum absolute atomic E-state index is 0.200. The van der Waals surface area contributed by atoms with E-state index in [4.69, 9.17) is 0 Å². The van der Waals surface area contributed by atoms with E-state index in [9.17, 15) is 19.2 Å². The van der Waals surface area contributed by atoms with Crippen LogP contribution in [-0.2, 0) is 22.7 Å². The summed E-state index contributed by atoms with van der Waals surface area (Å²) >= 11 is 0. The Hall–Kier alpha value is -7.16. The number of hydrogen-bond donors (Lipinski definition) is 6. The molecule has 0 unspecified atom stereocenters. The quantitative estimate of drug-likeness (QED) is 0.0524. The lowest BCUT2D eigenvalue weighted by Crippen LogP contribution is -2.20. The van der Waals surface area contributed by atoms with Crippen molar-refractivity contribution in [3.05, 3.63) is 177 Å². The van der Waals surface area contributed by atoms with Gasteiger partial charge in [-0.15, -0.1) is 0 Å². The van der Waals surface area contributed by atoms with Gasteiger partial charge in [-0.1, -0.05) is 61.7 Å². The number of nitrogens with one attached hydrogen (secondary N) is 6. The van der Waals surface area contributed by atoms with Gasteiger partial charge < -0.3 is 21.3 Å². The first-order valence-corrected chi connectivity index (χ1v) is 22.7. The predicted octanol–water partition coefficient (Wildman–Crippen LogP) is 9.12. The maximum atomic E-state index is 12.7. The number of H-pyrrole nitrogens is 2. The molecule has 14 heteroatoms. The largest absolute Gasteiger partial charge is 0.340 e. The molecule has 6 N–H and O–H groups in total. The zero-order valence-electron chi connectivity index (χ0n) is 38.5. The summed E-state index contributed by atoms with van der Waals surface area (Å²) in [5.41, 5.74) is 9.57. The fraction of sp³-hybridized carbons (Fsp3) is 0.308. The molecule has 6 aromatic rings. The number of nitrogens with zero attached hydrogens (tertiary/aromatic N) is 4. The zero-order valence-corrected chi connectivity index (χ0v) is 38.5. The number of likely N-dealkylation sites (tertiary alicyclic amines) is 2. The molecule has 4 aromatic carbocycles. The third-order valence-electron chi connectivity index (χ3n) is 12.3. The van der Waals surface area contributed by atoms with Crippen LogP contribution in [0.5, 0.6) is 0 Å². The molecule has 0 saturated carbocycles. The van der Waals surface area contributed by atoms with E-state index in [1.807, 2.05) is 50.2 Å². The number of aromatic nitrogens is 4. The second kappa shape index (κ2) is 21.7. The maximum absolute atomic E-state index is 12.7. The summed E-state index contributed by atoms with van der Waals surface area (Å²) in [4.78, 5) is 59.3. The number of amides is 2. The average molecular weight is 891 g/mol. The van der Waals surface area contributed by atoms with Crippen LogP contribution < -0.4 is 32.6 Å². The van der Waals surface area contributed by atoms with Crippen LogP contribution in [0.2, 0.25) is 0 Å². The first-order valence-electron chi connectivity index (χ1n) is 22.7. The van der Waals surface area contributed by atoms with Gasteiger partial charge in [-0.25, -0.2) is 9.59 Å². The van der Waals surface area contributed by atoms with Crippen molar-refractivity contribution in [2.45, 2.75) is 78.6 Å². The van der Waals surface area contributed by atoms with Crippen molar-refractivity contribution in [1.29, 1.82) is 0 Å². The second-order valence-electron chi connectivity index (χ2n) is 17.3. The topological polar surface area (TPSA) is 164 Å². The molecule has 0 bridgehead atoms. The number of imidazole rings is 2. The Balaban J connectivity index is 0.000000196. The van der Waals surface area contributed by atoms with Crippen molar-refractivity contribution in [2.24, 2.45) is 0 Å². The summed E-state index contributed by atoms with van der Waals surface area (Å²) < 4.78 is 3.29. The average Bonchev–Trinajstić information content (AvgIpc) is 4.15. The number of rotatable bonds is 16. The maximum Gasteiger partial charge on any atom is 0.327 e. The Kier molecular flexibility index (Phi) is 15.4. The van der Waals surface area contributed by atoms with Crippen LogP contribution in [0, 0.1) is 13.8 Å². The van der Waals surface area contributed by atoms with Gasteiger partial charge in [-0.3, -0.25) is 38.5 Å². The first kappa shape index (κ1) is 46.8. The van der Waals surface area contributed by atoms with Crippen molar-refractivity contribution in [2.75, 3.05) is 47.4 Å². The Bertz CT molecular complexity index is 2600. The number of carbonyl (C=O) groups is 2. The fourth-order valence-corrected chi connectivity index (χ4v) is 8.60. The van der Waals surface area contributed by atoms with Crippen LogP contribution in [0.4, 0.5) is 34.4 Å². The summed E-state index contributed by atoms with van der Waals surface area (Å²) in [6.45, 7) is 21.7. The predicted molar refractivity (Wildman–Crippen MR) is 266 cm³/mol.